The van der Waals surface area contributed by atoms with Crippen LogP contribution in [0.25, 0.3) is 75.1 Å². The van der Waals surface area contributed by atoms with Crippen LogP contribution in [-0.4, -0.2) is 0 Å². The minimum Gasteiger partial charge on any atom is -0.454 e. The van der Waals surface area contributed by atoms with E-state index in [-0.39, 0.29) is 0 Å². The normalized spacial score (nSPS) is 11.7. The quantitative estimate of drug-likeness (QED) is 0.186. The van der Waals surface area contributed by atoms with E-state index in [1.807, 2.05) is 17.4 Å². The van der Waals surface area contributed by atoms with E-state index in [4.69, 9.17) is 4.42 Å². The van der Waals surface area contributed by atoms with Crippen LogP contribution in [-0.2, 0) is 0 Å². The Bertz CT molecular complexity index is 2810. The zero-order valence-corrected chi connectivity index (χ0v) is 27.3. The number of nitrogens with zero attached hydrogens (tertiary/aromatic N) is 1. The maximum atomic E-state index is 6.62. The van der Waals surface area contributed by atoms with Gasteiger partial charge in [0.2, 0.25) is 0 Å². The number of furan rings is 1. The number of rotatable bonds is 5. The Kier molecular flexibility index (Phi) is 6.39. The number of para-hydroxylation sites is 2. The number of anilines is 3. The van der Waals surface area contributed by atoms with Gasteiger partial charge in [0.25, 0.3) is 0 Å². The van der Waals surface area contributed by atoms with Crippen LogP contribution in [0.3, 0.4) is 0 Å². The first kappa shape index (κ1) is 27.9. The fourth-order valence-electron chi connectivity index (χ4n) is 7.35. The molecule has 2 aromatic heterocycles. The van der Waals surface area contributed by atoms with Crippen molar-refractivity contribution in [1.82, 2.24) is 0 Å². The van der Waals surface area contributed by atoms with Gasteiger partial charge in [0.1, 0.15) is 5.58 Å². The highest BCUT2D eigenvalue weighted by Crippen LogP contribution is 2.47. The van der Waals surface area contributed by atoms with Crippen LogP contribution in [0.2, 0.25) is 0 Å². The summed E-state index contributed by atoms with van der Waals surface area (Å²) in [6.07, 6.45) is 0. The third-order valence-corrected chi connectivity index (χ3v) is 10.9. The Morgan fingerprint density at radius 1 is 0.408 bits per heavy atom. The molecule has 0 fully saturated rings. The van der Waals surface area contributed by atoms with E-state index in [9.17, 15) is 0 Å². The minimum atomic E-state index is 0.878. The zero-order chi connectivity index (χ0) is 32.3. The standard InChI is InChI=1S/C46H29NOS/c1-3-12-30(13-4-1)31-22-24-33(25-23-31)47(42-20-11-19-37-36-17-9-10-21-43(36)48-45(37)42)34-26-27-44-40(28-34)41-29-39(32-14-5-2-6-15-32)35-16-7-8-18-38(35)46(41)49-44/h1-29H. The average Bonchev–Trinajstić information content (AvgIpc) is 3.74. The van der Waals surface area contributed by atoms with Gasteiger partial charge in [0.05, 0.1) is 5.69 Å². The molecule has 8 aromatic carbocycles. The van der Waals surface area contributed by atoms with Gasteiger partial charge in [-0.05, 0) is 76.2 Å². The Hall–Kier alpha value is -6.16. The van der Waals surface area contributed by atoms with Crippen molar-refractivity contribution in [3.8, 4) is 22.3 Å². The molecule has 0 saturated heterocycles. The molecule has 0 aliphatic heterocycles. The highest BCUT2D eigenvalue weighted by atomic mass is 32.1. The molecule has 0 bridgehead atoms. The number of benzene rings is 8. The van der Waals surface area contributed by atoms with E-state index in [1.165, 1.54) is 53.2 Å². The highest BCUT2D eigenvalue weighted by molar-refractivity contribution is 7.26. The van der Waals surface area contributed by atoms with Crippen LogP contribution in [0.4, 0.5) is 17.1 Å². The lowest BCUT2D eigenvalue weighted by Gasteiger charge is -2.26. The summed E-state index contributed by atoms with van der Waals surface area (Å²) in [6, 6.07) is 63.1. The second-order valence-corrected chi connectivity index (χ2v) is 13.5. The molecule has 0 atom stereocenters. The van der Waals surface area contributed by atoms with Crippen molar-refractivity contribution in [2.75, 3.05) is 4.90 Å². The van der Waals surface area contributed by atoms with Gasteiger partial charge >= 0.3 is 0 Å². The molecule has 0 N–H and O–H groups in total. The molecule has 49 heavy (non-hydrogen) atoms. The number of hydrogen-bond donors (Lipinski definition) is 0. The molecule has 0 unspecified atom stereocenters. The Morgan fingerprint density at radius 2 is 1.04 bits per heavy atom. The van der Waals surface area contributed by atoms with E-state index >= 15 is 0 Å². The maximum absolute atomic E-state index is 6.62. The summed E-state index contributed by atoms with van der Waals surface area (Å²) in [4.78, 5) is 2.35. The third-order valence-electron chi connectivity index (χ3n) is 9.66. The zero-order valence-electron chi connectivity index (χ0n) is 26.5. The second kappa shape index (κ2) is 11.2. The van der Waals surface area contributed by atoms with Crippen molar-refractivity contribution in [1.29, 1.82) is 0 Å². The summed E-state index contributed by atoms with van der Waals surface area (Å²) >= 11 is 1.88. The van der Waals surface area contributed by atoms with E-state index < -0.39 is 0 Å². The molecule has 3 heteroatoms. The molecule has 10 rings (SSSR count). The van der Waals surface area contributed by atoms with Crippen LogP contribution in [0.15, 0.2) is 180 Å². The molecule has 0 saturated carbocycles. The van der Waals surface area contributed by atoms with Crippen molar-refractivity contribution < 1.29 is 4.42 Å². The van der Waals surface area contributed by atoms with E-state index in [2.05, 4.69) is 175 Å². The summed E-state index contributed by atoms with van der Waals surface area (Å²) in [5, 5.41) is 7.34. The van der Waals surface area contributed by atoms with Crippen molar-refractivity contribution >= 4 is 81.3 Å². The molecule has 0 radical (unpaired) electrons. The number of fused-ring (bicyclic) bond motifs is 8. The van der Waals surface area contributed by atoms with E-state index in [0.29, 0.717) is 0 Å². The molecule has 2 nitrogen and oxygen atoms in total. The molecular formula is C46H29NOS. The largest absolute Gasteiger partial charge is 0.454 e. The highest BCUT2D eigenvalue weighted by Gasteiger charge is 2.21. The molecule has 230 valence electrons. The van der Waals surface area contributed by atoms with Crippen LogP contribution >= 0.6 is 11.3 Å². The van der Waals surface area contributed by atoms with E-state index in [1.54, 1.807) is 0 Å². The summed E-state index contributed by atoms with van der Waals surface area (Å²) in [6.45, 7) is 0. The first-order valence-electron chi connectivity index (χ1n) is 16.6. The summed E-state index contributed by atoms with van der Waals surface area (Å²) < 4.78 is 9.21. The topological polar surface area (TPSA) is 16.4 Å². The number of hydrogen-bond acceptors (Lipinski definition) is 3. The third kappa shape index (κ3) is 4.55. The first-order chi connectivity index (χ1) is 24.3. The minimum absolute atomic E-state index is 0.878. The summed E-state index contributed by atoms with van der Waals surface area (Å²) in [5.41, 5.74) is 9.81. The van der Waals surface area contributed by atoms with Gasteiger partial charge in [-0.1, -0.05) is 127 Å². The van der Waals surface area contributed by atoms with E-state index in [0.717, 1.165) is 39.0 Å². The predicted molar refractivity (Wildman–Crippen MR) is 210 cm³/mol. The summed E-state index contributed by atoms with van der Waals surface area (Å²) in [7, 11) is 0. The van der Waals surface area contributed by atoms with Gasteiger partial charge in [0.15, 0.2) is 5.58 Å². The lowest BCUT2D eigenvalue weighted by Crippen LogP contribution is -2.10. The smallest absolute Gasteiger partial charge is 0.159 e. The van der Waals surface area contributed by atoms with Gasteiger partial charge in [-0.2, -0.15) is 0 Å². The molecule has 2 heterocycles. The van der Waals surface area contributed by atoms with Gasteiger partial charge in [-0.25, -0.2) is 0 Å². The van der Waals surface area contributed by atoms with Crippen LogP contribution in [0.1, 0.15) is 0 Å². The van der Waals surface area contributed by atoms with Crippen LogP contribution in [0, 0.1) is 0 Å². The van der Waals surface area contributed by atoms with Crippen molar-refractivity contribution in [3.05, 3.63) is 176 Å². The first-order valence-corrected chi connectivity index (χ1v) is 17.4. The monoisotopic (exact) mass is 643 g/mol. The van der Waals surface area contributed by atoms with Crippen molar-refractivity contribution in [2.45, 2.75) is 0 Å². The summed E-state index contributed by atoms with van der Waals surface area (Å²) in [5.74, 6) is 0. The maximum Gasteiger partial charge on any atom is 0.159 e. The van der Waals surface area contributed by atoms with Gasteiger partial charge in [-0.15, -0.1) is 11.3 Å². The fraction of sp³-hybridized carbons (Fsp3) is 0. The molecular weight excluding hydrogens is 615 g/mol. The van der Waals surface area contributed by atoms with Crippen molar-refractivity contribution in [2.24, 2.45) is 0 Å². The SMILES string of the molecule is c1ccc(-c2ccc(N(c3ccc4sc5c6ccccc6c(-c6ccccc6)cc5c4c3)c3cccc4c3oc3ccccc34)cc2)cc1. The molecule has 0 aliphatic carbocycles. The van der Waals surface area contributed by atoms with Gasteiger partial charge in [0, 0.05) is 47.7 Å². The Morgan fingerprint density at radius 3 is 1.84 bits per heavy atom. The lowest BCUT2D eigenvalue weighted by molar-refractivity contribution is 0.669. The van der Waals surface area contributed by atoms with Crippen molar-refractivity contribution in [3.63, 3.8) is 0 Å². The Balaban J connectivity index is 1.22. The van der Waals surface area contributed by atoms with Crippen LogP contribution in [0.5, 0.6) is 0 Å². The Labute approximate surface area is 287 Å². The number of thiophene rings is 1. The second-order valence-electron chi connectivity index (χ2n) is 12.5. The lowest BCUT2D eigenvalue weighted by atomic mass is 9.95. The molecule has 0 aliphatic rings. The predicted octanol–water partition coefficient (Wildman–Crippen LogP) is 13.9. The fourth-order valence-corrected chi connectivity index (χ4v) is 8.55. The van der Waals surface area contributed by atoms with Gasteiger partial charge in [-0.3, -0.25) is 0 Å². The van der Waals surface area contributed by atoms with Crippen LogP contribution < -0.4 is 4.90 Å². The molecule has 0 amide bonds. The molecule has 0 spiro atoms. The average molecular weight is 644 g/mol. The molecule has 10 aromatic rings. The van der Waals surface area contributed by atoms with Gasteiger partial charge < -0.3 is 9.32 Å².